The first-order valence-electron chi connectivity index (χ1n) is 6.00. The maximum absolute atomic E-state index is 11.6. The summed E-state index contributed by atoms with van der Waals surface area (Å²) in [5.41, 5.74) is 6.24. The van der Waals surface area contributed by atoms with E-state index in [4.69, 9.17) is 15.9 Å². The standard InChI is InChI=1S/C13H18N2O4/c1-2-10(14)12(17)15-11(13(18)19)7-8-3-5-9(16)6-4-8/h3-6,10-11,16H,2,7,14H2,1H3,(H,15,17)(H,18,19)/t10-,11?/m1/s1. The number of hydrogen-bond donors (Lipinski definition) is 4. The number of carboxylic acids is 1. The van der Waals surface area contributed by atoms with Crippen molar-refractivity contribution in [1.29, 1.82) is 0 Å². The van der Waals surface area contributed by atoms with Gasteiger partial charge in [-0.3, -0.25) is 4.79 Å². The Balaban J connectivity index is 2.71. The van der Waals surface area contributed by atoms with Gasteiger partial charge in [0.15, 0.2) is 0 Å². The van der Waals surface area contributed by atoms with Gasteiger partial charge in [0.25, 0.3) is 0 Å². The fraction of sp³-hybridized carbons (Fsp3) is 0.385. The number of carboxylic acid groups (broad SMARTS) is 1. The van der Waals surface area contributed by atoms with Gasteiger partial charge in [0.2, 0.25) is 5.91 Å². The van der Waals surface area contributed by atoms with Gasteiger partial charge in [-0.2, -0.15) is 0 Å². The van der Waals surface area contributed by atoms with Crippen molar-refractivity contribution in [2.24, 2.45) is 5.73 Å². The lowest BCUT2D eigenvalue weighted by Crippen LogP contribution is -2.49. The first kappa shape index (κ1) is 15.0. The second-order valence-corrected chi connectivity index (χ2v) is 4.28. The number of hydrogen-bond acceptors (Lipinski definition) is 4. The molecule has 1 amide bonds. The number of phenolic OH excluding ortho intramolecular Hbond substituents is 1. The number of carbonyl (C=O) groups is 2. The number of rotatable bonds is 6. The second kappa shape index (κ2) is 6.75. The number of aromatic hydroxyl groups is 1. The molecule has 0 aromatic heterocycles. The molecule has 0 heterocycles. The molecule has 104 valence electrons. The van der Waals surface area contributed by atoms with Gasteiger partial charge >= 0.3 is 5.97 Å². The normalized spacial score (nSPS) is 13.6. The molecule has 1 unspecified atom stereocenters. The summed E-state index contributed by atoms with van der Waals surface area (Å²) >= 11 is 0. The molecule has 2 atom stereocenters. The largest absolute Gasteiger partial charge is 0.508 e. The van der Waals surface area contributed by atoms with E-state index < -0.39 is 24.0 Å². The number of benzene rings is 1. The first-order valence-corrected chi connectivity index (χ1v) is 6.00. The summed E-state index contributed by atoms with van der Waals surface area (Å²) in [6.45, 7) is 1.75. The van der Waals surface area contributed by atoms with E-state index in [0.717, 1.165) is 0 Å². The SMILES string of the molecule is CC[C@@H](N)C(=O)NC(Cc1ccc(O)cc1)C(=O)O. The summed E-state index contributed by atoms with van der Waals surface area (Å²) in [6.07, 6.45) is 0.579. The minimum atomic E-state index is -1.12. The van der Waals surface area contributed by atoms with Gasteiger partial charge in [-0.05, 0) is 24.1 Å². The quantitative estimate of drug-likeness (QED) is 0.589. The molecule has 6 heteroatoms. The average Bonchev–Trinajstić information content (AvgIpc) is 2.39. The minimum absolute atomic E-state index is 0.104. The summed E-state index contributed by atoms with van der Waals surface area (Å²) in [5.74, 6) is -1.49. The number of phenols is 1. The van der Waals surface area contributed by atoms with Crippen molar-refractivity contribution in [2.75, 3.05) is 0 Å². The van der Waals surface area contributed by atoms with Crippen molar-refractivity contribution in [3.8, 4) is 5.75 Å². The van der Waals surface area contributed by atoms with Crippen LogP contribution in [0.2, 0.25) is 0 Å². The Labute approximate surface area is 111 Å². The van der Waals surface area contributed by atoms with E-state index in [9.17, 15) is 9.59 Å². The predicted molar refractivity (Wildman–Crippen MR) is 69.6 cm³/mol. The summed E-state index contributed by atoms with van der Waals surface area (Å²) in [5, 5.41) is 20.6. The molecule has 1 aromatic carbocycles. The summed E-state index contributed by atoms with van der Waals surface area (Å²) in [4.78, 5) is 22.7. The highest BCUT2D eigenvalue weighted by Crippen LogP contribution is 2.11. The summed E-state index contributed by atoms with van der Waals surface area (Å²) in [6, 6.07) is 4.41. The molecule has 19 heavy (non-hydrogen) atoms. The lowest BCUT2D eigenvalue weighted by molar-refractivity contribution is -0.142. The van der Waals surface area contributed by atoms with E-state index in [2.05, 4.69) is 5.32 Å². The van der Waals surface area contributed by atoms with Crippen LogP contribution in [0.15, 0.2) is 24.3 Å². The van der Waals surface area contributed by atoms with Crippen LogP contribution in [0.5, 0.6) is 5.75 Å². The fourth-order valence-corrected chi connectivity index (χ4v) is 1.53. The second-order valence-electron chi connectivity index (χ2n) is 4.28. The van der Waals surface area contributed by atoms with Gasteiger partial charge in [0.1, 0.15) is 11.8 Å². The van der Waals surface area contributed by atoms with Crippen LogP contribution in [0.3, 0.4) is 0 Å². The maximum atomic E-state index is 11.6. The summed E-state index contributed by atoms with van der Waals surface area (Å²) < 4.78 is 0. The van der Waals surface area contributed by atoms with E-state index in [-0.39, 0.29) is 12.2 Å². The molecule has 0 saturated heterocycles. The third-order valence-corrected chi connectivity index (χ3v) is 2.77. The Bertz CT molecular complexity index is 444. The van der Waals surface area contributed by atoms with Crippen LogP contribution < -0.4 is 11.1 Å². The third-order valence-electron chi connectivity index (χ3n) is 2.77. The third kappa shape index (κ3) is 4.59. The lowest BCUT2D eigenvalue weighted by Gasteiger charge is -2.17. The first-order chi connectivity index (χ1) is 8.93. The molecule has 0 fully saturated rings. The Morgan fingerprint density at radius 1 is 1.32 bits per heavy atom. The van der Waals surface area contributed by atoms with E-state index in [1.54, 1.807) is 19.1 Å². The molecule has 0 aliphatic rings. The molecule has 0 saturated carbocycles. The molecule has 6 nitrogen and oxygen atoms in total. The maximum Gasteiger partial charge on any atom is 0.326 e. The summed E-state index contributed by atoms with van der Waals surface area (Å²) in [7, 11) is 0. The van der Waals surface area contributed by atoms with Crippen molar-refractivity contribution in [3.63, 3.8) is 0 Å². The number of amides is 1. The highest BCUT2D eigenvalue weighted by atomic mass is 16.4. The molecule has 0 aliphatic heterocycles. The number of nitrogens with one attached hydrogen (secondary N) is 1. The van der Waals surface area contributed by atoms with Gasteiger partial charge in [-0.1, -0.05) is 19.1 Å². The van der Waals surface area contributed by atoms with Crippen LogP contribution in [0.1, 0.15) is 18.9 Å². The Hall–Kier alpha value is -2.08. The zero-order chi connectivity index (χ0) is 14.4. The zero-order valence-corrected chi connectivity index (χ0v) is 10.7. The van der Waals surface area contributed by atoms with E-state index >= 15 is 0 Å². The van der Waals surface area contributed by atoms with Crippen LogP contribution in [0, 0.1) is 0 Å². The van der Waals surface area contributed by atoms with Crippen LogP contribution in [-0.4, -0.2) is 34.2 Å². The van der Waals surface area contributed by atoms with Gasteiger partial charge < -0.3 is 21.3 Å². The molecule has 5 N–H and O–H groups in total. The van der Waals surface area contributed by atoms with Crippen molar-refractivity contribution in [3.05, 3.63) is 29.8 Å². The molecule has 1 aromatic rings. The molecule has 0 radical (unpaired) electrons. The van der Waals surface area contributed by atoms with Gasteiger partial charge in [-0.15, -0.1) is 0 Å². The van der Waals surface area contributed by atoms with Crippen molar-refractivity contribution < 1.29 is 19.8 Å². The number of carbonyl (C=O) groups excluding carboxylic acids is 1. The van der Waals surface area contributed by atoms with Gasteiger partial charge in [0, 0.05) is 6.42 Å². The molecule has 0 aliphatic carbocycles. The van der Waals surface area contributed by atoms with Gasteiger partial charge in [-0.25, -0.2) is 4.79 Å². The lowest BCUT2D eigenvalue weighted by atomic mass is 10.1. The number of nitrogens with two attached hydrogens (primary N) is 1. The van der Waals surface area contributed by atoms with E-state index in [0.29, 0.717) is 12.0 Å². The van der Waals surface area contributed by atoms with Crippen molar-refractivity contribution in [2.45, 2.75) is 31.8 Å². The minimum Gasteiger partial charge on any atom is -0.508 e. The van der Waals surface area contributed by atoms with Crippen LogP contribution in [0.4, 0.5) is 0 Å². The van der Waals surface area contributed by atoms with Crippen molar-refractivity contribution >= 4 is 11.9 Å². The van der Waals surface area contributed by atoms with Crippen molar-refractivity contribution in [1.82, 2.24) is 5.32 Å². The monoisotopic (exact) mass is 266 g/mol. The van der Waals surface area contributed by atoms with E-state index in [1.165, 1.54) is 12.1 Å². The highest BCUT2D eigenvalue weighted by molar-refractivity contribution is 5.86. The van der Waals surface area contributed by atoms with Crippen LogP contribution in [-0.2, 0) is 16.0 Å². The Morgan fingerprint density at radius 3 is 2.37 bits per heavy atom. The molecular weight excluding hydrogens is 248 g/mol. The Kier molecular flexibility index (Phi) is 5.32. The molecule has 0 spiro atoms. The number of aliphatic carboxylic acids is 1. The molecular formula is C13H18N2O4. The molecule has 0 bridgehead atoms. The topological polar surface area (TPSA) is 113 Å². The Morgan fingerprint density at radius 2 is 1.89 bits per heavy atom. The fourth-order valence-electron chi connectivity index (χ4n) is 1.53. The highest BCUT2D eigenvalue weighted by Gasteiger charge is 2.22. The smallest absolute Gasteiger partial charge is 0.326 e. The van der Waals surface area contributed by atoms with Crippen LogP contribution >= 0.6 is 0 Å². The predicted octanol–water partition coefficient (Wildman–Crippen LogP) is 0.241. The average molecular weight is 266 g/mol. The van der Waals surface area contributed by atoms with Gasteiger partial charge in [0.05, 0.1) is 6.04 Å². The van der Waals surface area contributed by atoms with Crippen LogP contribution in [0.25, 0.3) is 0 Å². The van der Waals surface area contributed by atoms with E-state index in [1.807, 2.05) is 0 Å². The zero-order valence-electron chi connectivity index (χ0n) is 10.7. The molecule has 1 rings (SSSR count).